The first-order valence-electron chi connectivity index (χ1n) is 8.79. The van der Waals surface area contributed by atoms with Crippen molar-refractivity contribution in [2.45, 2.75) is 18.4 Å². The molecule has 0 bridgehead atoms. The lowest BCUT2D eigenvalue weighted by Gasteiger charge is -2.25. The molecule has 10 heteroatoms. The van der Waals surface area contributed by atoms with Crippen LogP contribution in [0, 0.1) is 18.6 Å². The average Bonchev–Trinajstić information content (AvgIpc) is 3.06. The lowest BCUT2D eigenvalue weighted by molar-refractivity contribution is 0.580. The van der Waals surface area contributed by atoms with Gasteiger partial charge in [0.2, 0.25) is 0 Å². The van der Waals surface area contributed by atoms with Gasteiger partial charge < -0.3 is 0 Å². The molecule has 4 aromatic rings. The van der Waals surface area contributed by atoms with Gasteiger partial charge in [0.25, 0.3) is 10.0 Å². The molecule has 0 aliphatic heterocycles. The second-order valence-corrected chi connectivity index (χ2v) is 8.85. The van der Waals surface area contributed by atoms with Crippen LogP contribution in [0.4, 0.5) is 14.5 Å². The van der Waals surface area contributed by atoms with E-state index in [1.807, 2.05) is 0 Å². The average molecular weight is 449 g/mol. The number of pyridine rings is 1. The molecule has 0 saturated carbocycles. The molecule has 2 heterocycles. The molecule has 0 aliphatic carbocycles. The van der Waals surface area contributed by atoms with E-state index < -0.39 is 21.7 Å². The zero-order chi connectivity index (χ0) is 21.5. The lowest BCUT2D eigenvalue weighted by atomic mass is 10.2. The summed E-state index contributed by atoms with van der Waals surface area (Å²) < 4.78 is 57.6. The van der Waals surface area contributed by atoms with Gasteiger partial charge in [0.15, 0.2) is 5.65 Å². The molecule has 4 rings (SSSR count). The van der Waals surface area contributed by atoms with Crippen molar-refractivity contribution >= 4 is 33.0 Å². The summed E-state index contributed by atoms with van der Waals surface area (Å²) in [5.74, 6) is -1.29. The number of nitrogens with zero attached hydrogens (tertiary/aromatic N) is 4. The van der Waals surface area contributed by atoms with Crippen molar-refractivity contribution < 1.29 is 17.2 Å². The van der Waals surface area contributed by atoms with Crippen LogP contribution in [0.1, 0.15) is 11.4 Å². The first-order chi connectivity index (χ1) is 14.3. The van der Waals surface area contributed by atoms with Crippen molar-refractivity contribution in [1.29, 1.82) is 0 Å². The number of hydrogen-bond acceptors (Lipinski definition) is 4. The van der Waals surface area contributed by atoms with E-state index in [-0.39, 0.29) is 22.8 Å². The van der Waals surface area contributed by atoms with Crippen molar-refractivity contribution in [2.75, 3.05) is 4.31 Å². The Bertz CT molecular complexity index is 1340. The summed E-state index contributed by atoms with van der Waals surface area (Å²) in [6.45, 7) is 1.49. The molecule has 2 aromatic carbocycles. The largest absolute Gasteiger partial charge is 0.286 e. The van der Waals surface area contributed by atoms with Crippen molar-refractivity contribution in [3.05, 3.63) is 88.8 Å². The number of benzene rings is 2. The van der Waals surface area contributed by atoms with Crippen molar-refractivity contribution in [1.82, 2.24) is 14.6 Å². The number of rotatable bonds is 5. The normalized spacial score (nSPS) is 11.7. The predicted octanol–water partition coefficient (Wildman–Crippen LogP) is 4.36. The third-order valence-electron chi connectivity index (χ3n) is 4.49. The van der Waals surface area contributed by atoms with Crippen LogP contribution in [-0.4, -0.2) is 23.0 Å². The first-order valence-corrected chi connectivity index (χ1v) is 10.6. The number of sulfonamides is 1. The second kappa shape index (κ2) is 7.66. The van der Waals surface area contributed by atoms with E-state index in [9.17, 15) is 17.2 Å². The van der Waals surface area contributed by atoms with Crippen LogP contribution < -0.4 is 4.31 Å². The number of fused-ring (bicyclic) bond motifs is 1. The molecule has 0 spiro atoms. The van der Waals surface area contributed by atoms with Gasteiger partial charge in [-0.1, -0.05) is 23.7 Å². The molecule has 0 radical (unpaired) electrons. The molecule has 0 atom stereocenters. The Kier molecular flexibility index (Phi) is 5.17. The summed E-state index contributed by atoms with van der Waals surface area (Å²) in [5.41, 5.74) is 0.494. The van der Waals surface area contributed by atoms with E-state index in [1.165, 1.54) is 10.5 Å². The number of aromatic nitrogens is 3. The zero-order valence-corrected chi connectivity index (χ0v) is 17.2. The van der Waals surface area contributed by atoms with Crippen LogP contribution in [0.2, 0.25) is 5.02 Å². The second-order valence-electron chi connectivity index (χ2n) is 6.58. The van der Waals surface area contributed by atoms with Gasteiger partial charge in [-0.15, -0.1) is 10.2 Å². The molecule has 154 valence electrons. The Balaban J connectivity index is 1.91. The maximum atomic E-state index is 13.9. The van der Waals surface area contributed by atoms with Gasteiger partial charge in [0, 0.05) is 17.3 Å². The summed E-state index contributed by atoms with van der Waals surface area (Å²) in [6, 6.07) is 12.1. The Morgan fingerprint density at radius 2 is 1.77 bits per heavy atom. The topological polar surface area (TPSA) is 67.6 Å². The monoisotopic (exact) mass is 448 g/mol. The van der Waals surface area contributed by atoms with E-state index in [2.05, 4.69) is 10.2 Å². The van der Waals surface area contributed by atoms with Crippen LogP contribution in [-0.2, 0) is 16.6 Å². The van der Waals surface area contributed by atoms with Gasteiger partial charge in [0.1, 0.15) is 22.4 Å². The quantitative estimate of drug-likeness (QED) is 0.455. The number of hydrogen-bond donors (Lipinski definition) is 0. The molecular weight excluding hydrogens is 434 g/mol. The molecule has 0 amide bonds. The van der Waals surface area contributed by atoms with Crippen LogP contribution in [0.3, 0.4) is 0 Å². The molecule has 0 saturated heterocycles. The first kappa shape index (κ1) is 20.2. The molecule has 0 fully saturated rings. The van der Waals surface area contributed by atoms with Crippen molar-refractivity contribution in [3.63, 3.8) is 0 Å². The summed E-state index contributed by atoms with van der Waals surface area (Å²) in [4.78, 5) is -0.141. The van der Waals surface area contributed by atoms with E-state index in [0.717, 1.165) is 16.4 Å². The highest BCUT2D eigenvalue weighted by atomic mass is 35.5. The van der Waals surface area contributed by atoms with Crippen LogP contribution >= 0.6 is 11.6 Å². The van der Waals surface area contributed by atoms with Gasteiger partial charge in [-0.25, -0.2) is 17.2 Å². The highest BCUT2D eigenvalue weighted by molar-refractivity contribution is 7.93. The molecule has 30 heavy (non-hydrogen) atoms. The SMILES string of the molecule is Cc1nnc2c(S(=O)(=O)N(Cc3cccc(Cl)c3)c3cc(F)cc(F)c3)cccn12. The number of halogens is 3. The molecule has 0 unspecified atom stereocenters. The number of anilines is 1. The number of aryl methyl sites for hydroxylation is 1. The minimum atomic E-state index is -4.28. The lowest BCUT2D eigenvalue weighted by Crippen LogP contribution is -2.31. The third-order valence-corrected chi connectivity index (χ3v) is 6.52. The van der Waals surface area contributed by atoms with Gasteiger partial charge in [-0.2, -0.15) is 0 Å². The maximum absolute atomic E-state index is 13.9. The van der Waals surface area contributed by atoms with Crippen LogP contribution in [0.5, 0.6) is 0 Å². The molecular formula is C20H15ClF2N4O2S. The van der Waals surface area contributed by atoms with E-state index >= 15 is 0 Å². The van der Waals surface area contributed by atoms with E-state index in [0.29, 0.717) is 22.5 Å². The molecule has 2 aromatic heterocycles. The van der Waals surface area contributed by atoms with Gasteiger partial charge in [-0.3, -0.25) is 8.71 Å². The summed E-state index contributed by atoms with van der Waals surface area (Å²) >= 11 is 6.03. The van der Waals surface area contributed by atoms with Crippen molar-refractivity contribution in [3.8, 4) is 0 Å². The third kappa shape index (κ3) is 3.73. The predicted molar refractivity (Wildman–Crippen MR) is 109 cm³/mol. The van der Waals surface area contributed by atoms with E-state index in [4.69, 9.17) is 11.6 Å². The standard InChI is InChI=1S/C20H15ClF2N4O2S/c1-13-24-25-20-19(6-3-7-26(13)20)30(28,29)27(12-14-4-2-5-15(21)8-14)18-10-16(22)9-17(23)11-18/h2-11H,12H2,1H3. The van der Waals surface area contributed by atoms with Gasteiger partial charge >= 0.3 is 0 Å². The van der Waals surface area contributed by atoms with Crippen molar-refractivity contribution in [2.24, 2.45) is 0 Å². The minimum Gasteiger partial charge on any atom is -0.286 e. The van der Waals surface area contributed by atoms with Crippen LogP contribution in [0.15, 0.2) is 65.7 Å². The Hall–Kier alpha value is -3.04. The fraction of sp³-hybridized carbons (Fsp3) is 0.100. The van der Waals surface area contributed by atoms with Crippen LogP contribution in [0.25, 0.3) is 5.65 Å². The molecule has 6 nitrogen and oxygen atoms in total. The fourth-order valence-electron chi connectivity index (χ4n) is 3.13. The minimum absolute atomic E-state index is 0.114. The fourth-order valence-corrected chi connectivity index (χ4v) is 4.90. The highest BCUT2D eigenvalue weighted by Crippen LogP contribution is 2.29. The van der Waals surface area contributed by atoms with Gasteiger partial charge in [0.05, 0.1) is 12.2 Å². The Morgan fingerprint density at radius 1 is 1.03 bits per heavy atom. The summed E-state index contributed by atoms with van der Waals surface area (Å²) in [6.07, 6.45) is 1.63. The van der Waals surface area contributed by atoms with Gasteiger partial charge in [-0.05, 0) is 48.9 Å². The summed E-state index contributed by atoms with van der Waals surface area (Å²) in [5, 5.41) is 8.28. The Morgan fingerprint density at radius 3 is 2.47 bits per heavy atom. The van der Waals surface area contributed by atoms with E-state index in [1.54, 1.807) is 43.5 Å². The molecule has 0 N–H and O–H groups in total. The highest BCUT2D eigenvalue weighted by Gasteiger charge is 2.29. The summed E-state index contributed by atoms with van der Waals surface area (Å²) in [7, 11) is -4.28. The molecule has 0 aliphatic rings. The zero-order valence-electron chi connectivity index (χ0n) is 15.6. The Labute approximate surface area is 176 Å². The maximum Gasteiger partial charge on any atom is 0.268 e. The smallest absolute Gasteiger partial charge is 0.268 e.